The van der Waals surface area contributed by atoms with E-state index in [4.69, 9.17) is 11.5 Å². The highest BCUT2D eigenvalue weighted by molar-refractivity contribution is 4.80. The predicted molar refractivity (Wildman–Crippen MR) is 82.6 cm³/mol. The Morgan fingerprint density at radius 3 is 1.06 bits per heavy atom. The Kier molecular flexibility index (Phi) is 8.89. The number of hydrogen-bond donors (Lipinski definition) is 2. The third-order valence-corrected chi connectivity index (χ3v) is 5.53. The molecule has 0 aromatic heterocycles. The average Bonchev–Trinajstić information content (AvgIpc) is 2.45. The van der Waals surface area contributed by atoms with E-state index in [0.717, 1.165) is 13.1 Å². The third-order valence-electron chi connectivity index (χ3n) is 5.53. The zero-order chi connectivity index (χ0) is 14.1. The SMILES string of the molecule is CCC(CC)(CN)CCCCC(CC)(CC)CN. The van der Waals surface area contributed by atoms with Gasteiger partial charge in [0.15, 0.2) is 0 Å². The summed E-state index contributed by atoms with van der Waals surface area (Å²) in [6.45, 7) is 10.8. The summed E-state index contributed by atoms with van der Waals surface area (Å²) in [5.41, 5.74) is 12.7. The van der Waals surface area contributed by atoms with E-state index in [2.05, 4.69) is 27.7 Å². The summed E-state index contributed by atoms with van der Waals surface area (Å²) in [5, 5.41) is 0. The van der Waals surface area contributed by atoms with Crippen molar-refractivity contribution in [3.05, 3.63) is 0 Å². The lowest BCUT2D eigenvalue weighted by Crippen LogP contribution is -2.30. The Labute approximate surface area is 115 Å². The van der Waals surface area contributed by atoms with E-state index in [1.165, 1.54) is 51.4 Å². The monoisotopic (exact) mass is 256 g/mol. The first-order chi connectivity index (χ1) is 8.57. The van der Waals surface area contributed by atoms with Gasteiger partial charge in [0.1, 0.15) is 0 Å². The van der Waals surface area contributed by atoms with E-state index >= 15 is 0 Å². The molecule has 110 valence electrons. The van der Waals surface area contributed by atoms with Gasteiger partial charge in [-0.3, -0.25) is 0 Å². The van der Waals surface area contributed by atoms with Crippen molar-refractivity contribution in [2.75, 3.05) is 13.1 Å². The maximum Gasteiger partial charge on any atom is -0.00207 e. The Morgan fingerprint density at radius 2 is 0.889 bits per heavy atom. The fourth-order valence-electron chi connectivity index (χ4n) is 2.99. The van der Waals surface area contributed by atoms with Crippen LogP contribution in [0.2, 0.25) is 0 Å². The summed E-state index contributed by atoms with van der Waals surface area (Å²) in [5.74, 6) is 0. The van der Waals surface area contributed by atoms with Gasteiger partial charge in [-0.05, 0) is 62.4 Å². The van der Waals surface area contributed by atoms with Gasteiger partial charge in [-0.25, -0.2) is 0 Å². The van der Waals surface area contributed by atoms with Crippen LogP contribution < -0.4 is 11.5 Å². The third kappa shape index (κ3) is 4.89. The van der Waals surface area contributed by atoms with Gasteiger partial charge < -0.3 is 11.5 Å². The van der Waals surface area contributed by atoms with Crippen LogP contribution in [0.1, 0.15) is 79.1 Å². The molecule has 0 spiro atoms. The van der Waals surface area contributed by atoms with Crippen LogP contribution in [0.25, 0.3) is 0 Å². The molecule has 0 fully saturated rings. The molecule has 2 nitrogen and oxygen atoms in total. The molecular formula is C16H36N2. The Balaban J connectivity index is 4.11. The second-order valence-electron chi connectivity index (χ2n) is 6.03. The van der Waals surface area contributed by atoms with E-state index in [-0.39, 0.29) is 0 Å². The Hall–Kier alpha value is -0.0800. The maximum absolute atomic E-state index is 5.96. The van der Waals surface area contributed by atoms with Crippen LogP contribution in [-0.4, -0.2) is 13.1 Å². The quantitative estimate of drug-likeness (QED) is 0.547. The second kappa shape index (κ2) is 8.92. The van der Waals surface area contributed by atoms with E-state index in [0.29, 0.717) is 10.8 Å². The first-order valence-electron chi connectivity index (χ1n) is 7.97. The molecule has 0 aliphatic heterocycles. The minimum absolute atomic E-state index is 0.393. The van der Waals surface area contributed by atoms with Crippen molar-refractivity contribution in [1.82, 2.24) is 0 Å². The molecule has 0 aromatic rings. The first-order valence-corrected chi connectivity index (χ1v) is 7.97. The van der Waals surface area contributed by atoms with Gasteiger partial charge in [-0.15, -0.1) is 0 Å². The summed E-state index contributed by atoms with van der Waals surface area (Å²) in [7, 11) is 0. The molecule has 0 aliphatic rings. The molecule has 0 atom stereocenters. The van der Waals surface area contributed by atoms with E-state index < -0.39 is 0 Å². The van der Waals surface area contributed by atoms with Crippen molar-refractivity contribution in [3.63, 3.8) is 0 Å². The molecule has 0 aromatic carbocycles. The van der Waals surface area contributed by atoms with Crippen LogP contribution >= 0.6 is 0 Å². The fourth-order valence-corrected chi connectivity index (χ4v) is 2.99. The summed E-state index contributed by atoms with van der Waals surface area (Å²) in [4.78, 5) is 0. The lowest BCUT2D eigenvalue weighted by molar-refractivity contribution is 0.212. The van der Waals surface area contributed by atoms with Gasteiger partial charge in [-0.1, -0.05) is 40.5 Å². The normalized spacial score (nSPS) is 13.0. The zero-order valence-corrected chi connectivity index (χ0v) is 13.2. The van der Waals surface area contributed by atoms with Gasteiger partial charge in [0.25, 0.3) is 0 Å². The van der Waals surface area contributed by atoms with Crippen LogP contribution in [0.4, 0.5) is 0 Å². The molecule has 0 unspecified atom stereocenters. The van der Waals surface area contributed by atoms with Gasteiger partial charge in [0.2, 0.25) is 0 Å². The van der Waals surface area contributed by atoms with Crippen LogP contribution in [0.5, 0.6) is 0 Å². The Bertz CT molecular complexity index is 155. The van der Waals surface area contributed by atoms with Crippen LogP contribution in [0.3, 0.4) is 0 Å². The minimum Gasteiger partial charge on any atom is -0.330 e. The molecule has 0 amide bonds. The summed E-state index contributed by atoms with van der Waals surface area (Å²) in [6.07, 6.45) is 10.0. The molecule has 0 aliphatic carbocycles. The van der Waals surface area contributed by atoms with Crippen LogP contribution in [-0.2, 0) is 0 Å². The topological polar surface area (TPSA) is 52.0 Å². The molecule has 0 bridgehead atoms. The van der Waals surface area contributed by atoms with Crippen molar-refractivity contribution < 1.29 is 0 Å². The second-order valence-corrected chi connectivity index (χ2v) is 6.03. The first kappa shape index (κ1) is 17.9. The zero-order valence-electron chi connectivity index (χ0n) is 13.2. The molecule has 18 heavy (non-hydrogen) atoms. The molecule has 4 N–H and O–H groups in total. The highest BCUT2D eigenvalue weighted by Gasteiger charge is 2.26. The van der Waals surface area contributed by atoms with Crippen molar-refractivity contribution >= 4 is 0 Å². The Morgan fingerprint density at radius 1 is 0.611 bits per heavy atom. The molecule has 0 heterocycles. The number of hydrogen-bond acceptors (Lipinski definition) is 2. The highest BCUT2D eigenvalue weighted by atomic mass is 14.6. The van der Waals surface area contributed by atoms with Gasteiger partial charge >= 0.3 is 0 Å². The lowest BCUT2D eigenvalue weighted by atomic mass is 9.75. The van der Waals surface area contributed by atoms with E-state index in [1.54, 1.807) is 0 Å². The number of rotatable bonds is 11. The smallest absolute Gasteiger partial charge is 0.00207 e. The standard InChI is InChI=1S/C16H36N2/c1-5-15(6-2,13-17)11-9-10-12-16(7-3,8-4)14-18/h5-14,17-18H2,1-4H3. The molecule has 0 saturated heterocycles. The molecular weight excluding hydrogens is 220 g/mol. The van der Waals surface area contributed by atoms with Gasteiger partial charge in [-0.2, -0.15) is 0 Å². The van der Waals surface area contributed by atoms with Gasteiger partial charge in [0, 0.05) is 0 Å². The molecule has 0 radical (unpaired) electrons. The highest BCUT2D eigenvalue weighted by Crippen LogP contribution is 2.35. The van der Waals surface area contributed by atoms with Crippen molar-refractivity contribution in [2.24, 2.45) is 22.3 Å². The lowest BCUT2D eigenvalue weighted by Gasteiger charge is -2.32. The average molecular weight is 256 g/mol. The summed E-state index contributed by atoms with van der Waals surface area (Å²) < 4.78 is 0. The van der Waals surface area contributed by atoms with E-state index in [9.17, 15) is 0 Å². The largest absolute Gasteiger partial charge is 0.330 e. The maximum atomic E-state index is 5.96. The molecule has 0 rings (SSSR count). The summed E-state index contributed by atoms with van der Waals surface area (Å²) >= 11 is 0. The van der Waals surface area contributed by atoms with Gasteiger partial charge in [0.05, 0.1) is 0 Å². The van der Waals surface area contributed by atoms with Crippen molar-refractivity contribution in [3.8, 4) is 0 Å². The number of unbranched alkanes of at least 4 members (excludes halogenated alkanes) is 1. The van der Waals surface area contributed by atoms with Crippen molar-refractivity contribution in [1.29, 1.82) is 0 Å². The van der Waals surface area contributed by atoms with Crippen LogP contribution in [0, 0.1) is 10.8 Å². The van der Waals surface area contributed by atoms with Crippen molar-refractivity contribution in [2.45, 2.75) is 79.1 Å². The fraction of sp³-hybridized carbons (Fsp3) is 1.00. The predicted octanol–water partition coefficient (Wildman–Crippen LogP) is 4.08. The summed E-state index contributed by atoms with van der Waals surface area (Å²) in [6, 6.07) is 0. The molecule has 0 saturated carbocycles. The van der Waals surface area contributed by atoms with Crippen LogP contribution in [0.15, 0.2) is 0 Å². The van der Waals surface area contributed by atoms with E-state index in [1.807, 2.05) is 0 Å². The number of nitrogens with two attached hydrogens (primary N) is 2. The minimum atomic E-state index is 0.393. The molecule has 2 heteroatoms.